The summed E-state index contributed by atoms with van der Waals surface area (Å²) < 4.78 is 38.8. The van der Waals surface area contributed by atoms with Crippen molar-refractivity contribution in [2.24, 2.45) is 0 Å². The summed E-state index contributed by atoms with van der Waals surface area (Å²) in [6, 6.07) is 1.38. The molecule has 0 aliphatic carbocycles. The summed E-state index contributed by atoms with van der Waals surface area (Å²) in [4.78, 5) is 2.80. The normalized spacial score (nSPS) is 13.5. The zero-order valence-electron chi connectivity index (χ0n) is 9.87. The third-order valence-electron chi connectivity index (χ3n) is 2.83. The van der Waals surface area contributed by atoms with Gasteiger partial charge in [0.05, 0.1) is 5.41 Å². The molecular weight excluding hydrogens is 217 g/mol. The van der Waals surface area contributed by atoms with E-state index in [9.17, 15) is 13.2 Å². The van der Waals surface area contributed by atoms with Gasteiger partial charge in [0.2, 0.25) is 0 Å². The van der Waals surface area contributed by atoms with Crippen molar-refractivity contribution in [1.82, 2.24) is 4.98 Å². The topological polar surface area (TPSA) is 41.8 Å². The minimum absolute atomic E-state index is 0.0195. The third-order valence-corrected chi connectivity index (χ3v) is 2.83. The van der Waals surface area contributed by atoms with Crippen molar-refractivity contribution < 1.29 is 13.2 Å². The van der Waals surface area contributed by atoms with E-state index in [1.165, 1.54) is 19.9 Å². The van der Waals surface area contributed by atoms with Crippen LogP contribution in [-0.4, -0.2) is 11.2 Å². The van der Waals surface area contributed by atoms with Crippen LogP contribution in [0.3, 0.4) is 0 Å². The first-order chi connectivity index (χ1) is 7.07. The van der Waals surface area contributed by atoms with E-state index in [4.69, 9.17) is 5.73 Å². The van der Waals surface area contributed by atoms with Crippen LogP contribution in [-0.2, 0) is 5.41 Å². The van der Waals surface area contributed by atoms with Crippen molar-refractivity contribution in [2.75, 3.05) is 5.73 Å². The zero-order chi connectivity index (χ0) is 12.7. The molecular formula is C11H17F3N2. The fourth-order valence-corrected chi connectivity index (χ4v) is 1.62. The van der Waals surface area contributed by atoms with Gasteiger partial charge < -0.3 is 10.7 Å². The van der Waals surface area contributed by atoms with Gasteiger partial charge in [-0.2, -0.15) is 13.2 Å². The number of hydrogen-bond acceptors (Lipinski definition) is 1. The summed E-state index contributed by atoms with van der Waals surface area (Å²) in [6.45, 7) is 6.01. The molecule has 92 valence electrons. The Morgan fingerprint density at radius 2 is 1.75 bits per heavy atom. The van der Waals surface area contributed by atoms with Crippen molar-refractivity contribution in [3.05, 3.63) is 17.3 Å². The van der Waals surface area contributed by atoms with E-state index in [2.05, 4.69) is 4.98 Å². The highest BCUT2D eigenvalue weighted by molar-refractivity contribution is 5.44. The molecule has 0 spiro atoms. The lowest BCUT2D eigenvalue weighted by atomic mass is 9.82. The lowest BCUT2D eigenvalue weighted by molar-refractivity contribution is -0.180. The average molecular weight is 234 g/mol. The van der Waals surface area contributed by atoms with Gasteiger partial charge >= 0.3 is 6.18 Å². The number of anilines is 1. The van der Waals surface area contributed by atoms with Crippen LogP contribution in [0.5, 0.6) is 0 Å². The predicted molar refractivity (Wildman–Crippen MR) is 58.4 cm³/mol. The van der Waals surface area contributed by atoms with Gasteiger partial charge in [0, 0.05) is 5.69 Å². The van der Waals surface area contributed by atoms with Crippen molar-refractivity contribution in [1.29, 1.82) is 0 Å². The molecule has 5 heteroatoms. The smallest absolute Gasteiger partial charge is 0.385 e. The fourth-order valence-electron chi connectivity index (χ4n) is 1.62. The number of halogens is 3. The Balaban J connectivity index is 3.32. The largest absolute Gasteiger partial charge is 0.397 e. The number of hydrogen-bond donors (Lipinski definition) is 2. The number of nitrogen functional groups attached to an aromatic ring is 1. The molecule has 1 aromatic heterocycles. The molecule has 0 aliphatic rings. The van der Waals surface area contributed by atoms with Crippen molar-refractivity contribution >= 4 is 5.82 Å². The first kappa shape index (κ1) is 12.9. The van der Waals surface area contributed by atoms with Crippen molar-refractivity contribution in [2.45, 2.75) is 45.2 Å². The maximum absolute atomic E-state index is 12.9. The minimum Gasteiger partial charge on any atom is -0.385 e. The summed E-state index contributed by atoms with van der Waals surface area (Å²) in [5.74, 6) is 0.255. The molecule has 1 rings (SSSR count). The Bertz CT molecular complexity index is 375. The standard InChI is InChI=1S/C11H17F3N2/c1-6(2)9-7(5-8(15)16-9)10(3,4)11(12,13)14/h5-6,16H,15H2,1-4H3. The quantitative estimate of drug-likeness (QED) is 0.807. The number of nitrogens with two attached hydrogens (primary N) is 1. The van der Waals surface area contributed by atoms with E-state index in [0.29, 0.717) is 5.69 Å². The highest BCUT2D eigenvalue weighted by atomic mass is 19.4. The minimum atomic E-state index is -4.29. The molecule has 0 unspecified atom stereocenters. The van der Waals surface area contributed by atoms with Gasteiger partial charge in [0.15, 0.2) is 0 Å². The van der Waals surface area contributed by atoms with E-state index in [1.54, 1.807) is 0 Å². The highest BCUT2D eigenvalue weighted by Crippen LogP contribution is 2.43. The van der Waals surface area contributed by atoms with Crippen molar-refractivity contribution in [3.63, 3.8) is 0 Å². The van der Waals surface area contributed by atoms with Crippen LogP contribution in [0.4, 0.5) is 19.0 Å². The lowest BCUT2D eigenvalue weighted by Crippen LogP contribution is -2.37. The van der Waals surface area contributed by atoms with Gasteiger partial charge in [-0.1, -0.05) is 13.8 Å². The van der Waals surface area contributed by atoms with Crippen LogP contribution < -0.4 is 5.73 Å². The number of aromatic nitrogens is 1. The Kier molecular flexibility index (Phi) is 3.00. The molecule has 0 radical (unpaired) electrons. The zero-order valence-corrected chi connectivity index (χ0v) is 9.87. The second-order valence-corrected chi connectivity index (χ2v) is 4.83. The number of aromatic amines is 1. The second kappa shape index (κ2) is 3.71. The lowest BCUT2D eigenvalue weighted by Gasteiger charge is -2.29. The average Bonchev–Trinajstić information content (AvgIpc) is 2.45. The van der Waals surface area contributed by atoms with Gasteiger partial charge in [-0.25, -0.2) is 0 Å². The second-order valence-electron chi connectivity index (χ2n) is 4.83. The van der Waals surface area contributed by atoms with Crippen LogP contribution in [0.15, 0.2) is 6.07 Å². The molecule has 1 heterocycles. The SMILES string of the molecule is CC(C)c1[nH]c(N)cc1C(C)(C)C(F)(F)F. The third kappa shape index (κ3) is 2.03. The number of rotatable bonds is 2. The van der Waals surface area contributed by atoms with Gasteiger partial charge in [-0.15, -0.1) is 0 Å². The molecule has 0 aliphatic heterocycles. The van der Waals surface area contributed by atoms with E-state index in [-0.39, 0.29) is 17.3 Å². The number of alkyl halides is 3. The molecule has 3 N–H and O–H groups in total. The summed E-state index contributed by atoms with van der Waals surface area (Å²) in [5, 5.41) is 0. The predicted octanol–water partition coefficient (Wildman–Crippen LogP) is 3.56. The van der Waals surface area contributed by atoms with Crippen LogP contribution in [0.25, 0.3) is 0 Å². The molecule has 0 saturated carbocycles. The van der Waals surface area contributed by atoms with E-state index >= 15 is 0 Å². The van der Waals surface area contributed by atoms with E-state index in [0.717, 1.165) is 0 Å². The Morgan fingerprint density at radius 3 is 2.12 bits per heavy atom. The summed E-state index contributed by atoms with van der Waals surface area (Å²) >= 11 is 0. The van der Waals surface area contributed by atoms with Gasteiger partial charge in [-0.05, 0) is 31.4 Å². The molecule has 0 bridgehead atoms. The molecule has 2 nitrogen and oxygen atoms in total. The summed E-state index contributed by atoms with van der Waals surface area (Å²) in [6.07, 6.45) is -4.29. The molecule has 0 fully saturated rings. The Morgan fingerprint density at radius 1 is 1.25 bits per heavy atom. The van der Waals surface area contributed by atoms with Crippen LogP contribution >= 0.6 is 0 Å². The van der Waals surface area contributed by atoms with Crippen LogP contribution in [0.2, 0.25) is 0 Å². The Hall–Kier alpha value is -1.13. The van der Waals surface area contributed by atoms with E-state index in [1.807, 2.05) is 13.8 Å². The highest BCUT2D eigenvalue weighted by Gasteiger charge is 2.50. The molecule has 0 aromatic carbocycles. The van der Waals surface area contributed by atoms with Gasteiger partial charge in [-0.3, -0.25) is 0 Å². The molecule has 0 amide bonds. The maximum atomic E-state index is 12.9. The molecule has 16 heavy (non-hydrogen) atoms. The van der Waals surface area contributed by atoms with Crippen LogP contribution in [0, 0.1) is 0 Å². The maximum Gasteiger partial charge on any atom is 0.397 e. The molecule has 0 saturated heterocycles. The first-order valence-corrected chi connectivity index (χ1v) is 5.13. The van der Waals surface area contributed by atoms with Crippen LogP contribution in [0.1, 0.15) is 44.9 Å². The Labute approximate surface area is 93.0 Å². The summed E-state index contributed by atoms with van der Waals surface area (Å²) in [5.41, 5.74) is 4.43. The van der Waals surface area contributed by atoms with Gasteiger partial charge in [0.1, 0.15) is 5.82 Å². The van der Waals surface area contributed by atoms with Gasteiger partial charge in [0.25, 0.3) is 0 Å². The first-order valence-electron chi connectivity index (χ1n) is 5.13. The number of nitrogens with one attached hydrogen (secondary N) is 1. The fraction of sp³-hybridized carbons (Fsp3) is 0.636. The summed E-state index contributed by atoms with van der Waals surface area (Å²) in [7, 11) is 0. The molecule has 0 atom stereocenters. The number of H-pyrrole nitrogens is 1. The van der Waals surface area contributed by atoms with E-state index < -0.39 is 11.6 Å². The monoisotopic (exact) mass is 234 g/mol. The molecule has 1 aromatic rings. The van der Waals surface area contributed by atoms with Crippen molar-refractivity contribution in [3.8, 4) is 0 Å².